The summed E-state index contributed by atoms with van der Waals surface area (Å²) < 4.78 is 15.3. The topological polar surface area (TPSA) is 103 Å². The Morgan fingerprint density at radius 3 is 2.46 bits per heavy atom. The number of cyclic esters (lactones) is 2. The van der Waals surface area contributed by atoms with Crippen molar-refractivity contribution in [3.8, 4) is 5.75 Å². The smallest absolute Gasteiger partial charge is 0.350 e. The maximum atomic E-state index is 12.2. The van der Waals surface area contributed by atoms with Crippen LogP contribution in [0.25, 0.3) is 0 Å². The lowest BCUT2D eigenvalue weighted by atomic mass is 10.1. The van der Waals surface area contributed by atoms with E-state index in [1.54, 1.807) is 18.2 Å². The number of anilines is 1. The van der Waals surface area contributed by atoms with Crippen molar-refractivity contribution in [1.29, 1.82) is 0 Å². The van der Waals surface area contributed by atoms with Gasteiger partial charge in [0.1, 0.15) is 5.75 Å². The number of ether oxygens (including phenoxy) is 3. The van der Waals surface area contributed by atoms with E-state index in [2.05, 4.69) is 10.6 Å². The number of benzene rings is 1. The molecule has 2 fully saturated rings. The number of nitrogens with one attached hydrogen (secondary N) is 2. The van der Waals surface area contributed by atoms with E-state index in [4.69, 9.17) is 14.2 Å². The van der Waals surface area contributed by atoms with Crippen LogP contribution in [0, 0.1) is 0 Å². The normalized spacial score (nSPS) is 18.5. The van der Waals surface area contributed by atoms with E-state index in [0.29, 0.717) is 17.0 Å². The highest BCUT2D eigenvalue weighted by atomic mass is 16.7. The van der Waals surface area contributed by atoms with Gasteiger partial charge in [-0.3, -0.25) is 4.79 Å². The maximum absolute atomic E-state index is 12.2. The van der Waals surface area contributed by atoms with Crippen LogP contribution in [0.1, 0.15) is 37.0 Å². The van der Waals surface area contributed by atoms with Crippen molar-refractivity contribution in [2.45, 2.75) is 38.5 Å². The Morgan fingerprint density at radius 1 is 1.23 bits per heavy atom. The molecule has 0 bridgehead atoms. The first kappa shape index (κ1) is 17.8. The molecule has 26 heavy (non-hydrogen) atoms. The predicted molar refractivity (Wildman–Crippen MR) is 91.5 cm³/mol. The zero-order chi connectivity index (χ0) is 18.9. The van der Waals surface area contributed by atoms with Crippen molar-refractivity contribution in [2.75, 3.05) is 12.4 Å². The van der Waals surface area contributed by atoms with Crippen LogP contribution in [0.5, 0.6) is 5.75 Å². The molecule has 1 aliphatic heterocycles. The van der Waals surface area contributed by atoms with Gasteiger partial charge in [0.2, 0.25) is 0 Å². The van der Waals surface area contributed by atoms with E-state index >= 15 is 0 Å². The van der Waals surface area contributed by atoms with Gasteiger partial charge in [0.05, 0.1) is 12.8 Å². The lowest BCUT2D eigenvalue weighted by molar-refractivity contribution is -0.222. The van der Waals surface area contributed by atoms with E-state index in [0.717, 1.165) is 12.8 Å². The first-order valence-corrected chi connectivity index (χ1v) is 8.21. The second kappa shape index (κ2) is 6.70. The monoisotopic (exact) mass is 360 g/mol. The molecule has 2 aliphatic rings. The van der Waals surface area contributed by atoms with Crippen LogP contribution in [-0.4, -0.2) is 36.8 Å². The average Bonchev–Trinajstić information content (AvgIpc) is 3.36. The number of rotatable bonds is 5. The lowest BCUT2D eigenvalue weighted by Gasteiger charge is -2.29. The summed E-state index contributed by atoms with van der Waals surface area (Å²) in [4.78, 5) is 36.1. The van der Waals surface area contributed by atoms with Gasteiger partial charge in [0, 0.05) is 31.7 Å². The fourth-order valence-electron chi connectivity index (χ4n) is 2.39. The third-order valence-electron chi connectivity index (χ3n) is 3.86. The van der Waals surface area contributed by atoms with Crippen LogP contribution < -0.4 is 15.4 Å². The van der Waals surface area contributed by atoms with Gasteiger partial charge in [0.15, 0.2) is 5.57 Å². The zero-order valence-corrected chi connectivity index (χ0v) is 14.8. The molecular weight excluding hydrogens is 340 g/mol. The summed E-state index contributed by atoms with van der Waals surface area (Å²) in [7, 11) is 1.48. The number of esters is 2. The van der Waals surface area contributed by atoms with Crippen molar-refractivity contribution >= 4 is 23.5 Å². The highest BCUT2D eigenvalue weighted by molar-refractivity contribution is 6.15. The van der Waals surface area contributed by atoms with Crippen LogP contribution in [0.15, 0.2) is 30.0 Å². The Morgan fingerprint density at radius 2 is 1.88 bits per heavy atom. The van der Waals surface area contributed by atoms with Gasteiger partial charge in [-0.05, 0) is 31.0 Å². The lowest BCUT2D eigenvalue weighted by Crippen LogP contribution is -2.42. The van der Waals surface area contributed by atoms with Crippen LogP contribution in [0.3, 0.4) is 0 Å². The number of hydrogen-bond acceptors (Lipinski definition) is 7. The summed E-state index contributed by atoms with van der Waals surface area (Å²) >= 11 is 0. The van der Waals surface area contributed by atoms with Crippen molar-refractivity contribution in [3.05, 3.63) is 35.5 Å². The Kier molecular flexibility index (Phi) is 4.58. The van der Waals surface area contributed by atoms with Gasteiger partial charge < -0.3 is 24.8 Å². The Balaban J connectivity index is 1.80. The predicted octanol–water partition coefficient (Wildman–Crippen LogP) is 1.72. The third-order valence-corrected chi connectivity index (χ3v) is 3.86. The van der Waals surface area contributed by atoms with E-state index in [1.807, 2.05) is 0 Å². The van der Waals surface area contributed by atoms with Gasteiger partial charge in [-0.25, -0.2) is 9.59 Å². The largest absolute Gasteiger partial charge is 0.495 e. The molecule has 2 N–H and O–H groups in total. The zero-order valence-electron chi connectivity index (χ0n) is 14.8. The summed E-state index contributed by atoms with van der Waals surface area (Å²) in [5, 5.41) is 5.71. The summed E-state index contributed by atoms with van der Waals surface area (Å²) in [6.45, 7) is 2.94. The number of methoxy groups -OCH3 is 1. The first-order chi connectivity index (χ1) is 12.3. The van der Waals surface area contributed by atoms with Crippen LogP contribution >= 0.6 is 0 Å². The van der Waals surface area contributed by atoms with Crippen molar-refractivity contribution in [3.63, 3.8) is 0 Å². The Hall–Kier alpha value is -3.03. The minimum Gasteiger partial charge on any atom is -0.495 e. The molecule has 138 valence electrons. The second-order valence-electron chi connectivity index (χ2n) is 6.54. The third kappa shape index (κ3) is 3.96. The van der Waals surface area contributed by atoms with Crippen molar-refractivity contribution in [1.82, 2.24) is 5.32 Å². The van der Waals surface area contributed by atoms with E-state index < -0.39 is 17.7 Å². The van der Waals surface area contributed by atoms with Gasteiger partial charge in [0.25, 0.3) is 11.7 Å². The standard InChI is InChI=1S/C18H20N2O6/c1-18(2)25-16(22)12(17(23)26-18)9-19-13-8-10(4-7-14(13)24-3)15(21)20-11-5-6-11/h4,7-9,11,19H,5-6H2,1-3H3,(H,20,21). The van der Waals surface area contributed by atoms with Crippen LogP contribution in [0.4, 0.5) is 5.69 Å². The molecule has 1 aliphatic carbocycles. The molecule has 0 radical (unpaired) electrons. The number of amides is 1. The molecule has 1 saturated carbocycles. The maximum Gasteiger partial charge on any atom is 0.350 e. The number of carbonyl (C=O) groups is 3. The molecule has 8 heteroatoms. The minimum absolute atomic E-state index is 0.191. The molecule has 1 aromatic carbocycles. The molecule has 1 amide bonds. The molecule has 0 atom stereocenters. The molecule has 0 aromatic heterocycles. The Labute approximate surface area is 150 Å². The summed E-state index contributed by atoms with van der Waals surface area (Å²) in [6, 6.07) is 5.08. The first-order valence-electron chi connectivity index (χ1n) is 8.21. The van der Waals surface area contributed by atoms with Crippen molar-refractivity contribution < 1.29 is 28.6 Å². The fourth-order valence-corrected chi connectivity index (χ4v) is 2.39. The molecule has 1 aromatic rings. The van der Waals surface area contributed by atoms with Gasteiger partial charge in [-0.15, -0.1) is 0 Å². The van der Waals surface area contributed by atoms with Gasteiger partial charge in [-0.2, -0.15) is 0 Å². The second-order valence-corrected chi connectivity index (χ2v) is 6.54. The van der Waals surface area contributed by atoms with Gasteiger partial charge >= 0.3 is 11.9 Å². The summed E-state index contributed by atoms with van der Waals surface area (Å²) in [5.41, 5.74) is 0.585. The van der Waals surface area contributed by atoms with Gasteiger partial charge in [-0.1, -0.05) is 0 Å². The van der Waals surface area contributed by atoms with E-state index in [-0.39, 0.29) is 17.5 Å². The number of carbonyl (C=O) groups excluding carboxylic acids is 3. The molecular formula is C18H20N2O6. The fraction of sp³-hybridized carbons (Fsp3) is 0.389. The molecule has 3 rings (SSSR count). The summed E-state index contributed by atoms with van der Waals surface area (Å²) in [6.07, 6.45) is 3.15. The molecule has 0 unspecified atom stereocenters. The molecule has 1 heterocycles. The van der Waals surface area contributed by atoms with Crippen LogP contribution in [-0.2, 0) is 19.1 Å². The highest BCUT2D eigenvalue weighted by Crippen LogP contribution is 2.28. The molecule has 8 nitrogen and oxygen atoms in total. The van der Waals surface area contributed by atoms with Crippen molar-refractivity contribution in [2.24, 2.45) is 0 Å². The molecule has 0 spiro atoms. The molecule has 1 saturated heterocycles. The highest BCUT2D eigenvalue weighted by Gasteiger charge is 2.39. The summed E-state index contributed by atoms with van der Waals surface area (Å²) in [5.74, 6) is -2.63. The minimum atomic E-state index is -1.30. The van der Waals surface area contributed by atoms with E-state index in [9.17, 15) is 14.4 Å². The number of hydrogen-bond donors (Lipinski definition) is 2. The van der Waals surface area contributed by atoms with Crippen LogP contribution in [0.2, 0.25) is 0 Å². The average molecular weight is 360 g/mol. The Bertz CT molecular complexity index is 773. The quantitative estimate of drug-likeness (QED) is 0.468. The SMILES string of the molecule is COc1ccc(C(=O)NC2CC2)cc1NC=C1C(=O)OC(C)(C)OC1=O. The van der Waals surface area contributed by atoms with E-state index in [1.165, 1.54) is 27.2 Å².